The number of piperazine rings is 1. The van der Waals surface area contributed by atoms with Crippen LogP contribution in [0.1, 0.15) is 25.7 Å². The van der Waals surface area contributed by atoms with Gasteiger partial charge in [0.05, 0.1) is 13.2 Å². The van der Waals surface area contributed by atoms with E-state index in [2.05, 4.69) is 10.2 Å². The molecule has 0 bridgehead atoms. The summed E-state index contributed by atoms with van der Waals surface area (Å²) >= 11 is 0. The Morgan fingerprint density at radius 2 is 1.89 bits per heavy atom. The van der Waals surface area contributed by atoms with Gasteiger partial charge in [-0.05, 0) is 49.9 Å². The van der Waals surface area contributed by atoms with Crippen LogP contribution in [0.4, 0.5) is 5.69 Å². The highest BCUT2D eigenvalue weighted by molar-refractivity contribution is 6.07. The number of amides is 2. The lowest BCUT2D eigenvalue weighted by Gasteiger charge is -2.37. The fraction of sp³-hybridized carbons (Fsp3) is 0.619. The molecule has 2 aliphatic heterocycles. The van der Waals surface area contributed by atoms with Crippen molar-refractivity contribution in [3.63, 3.8) is 0 Å². The van der Waals surface area contributed by atoms with Gasteiger partial charge in [-0.2, -0.15) is 0 Å². The lowest BCUT2D eigenvalue weighted by atomic mass is 10.0. The molecule has 2 saturated heterocycles. The van der Waals surface area contributed by atoms with E-state index >= 15 is 0 Å². The molecule has 1 aromatic carbocycles. The van der Waals surface area contributed by atoms with Crippen LogP contribution >= 0.6 is 0 Å². The zero-order valence-electron chi connectivity index (χ0n) is 16.5. The van der Waals surface area contributed by atoms with E-state index < -0.39 is 5.41 Å². The summed E-state index contributed by atoms with van der Waals surface area (Å²) in [4.78, 5) is 29.8. The fourth-order valence-corrected chi connectivity index (χ4v) is 4.11. The van der Waals surface area contributed by atoms with Gasteiger partial charge in [-0.25, -0.2) is 0 Å². The maximum absolute atomic E-state index is 13.0. The van der Waals surface area contributed by atoms with E-state index in [9.17, 15) is 9.59 Å². The molecular formula is C21H29N3O4. The zero-order valence-corrected chi connectivity index (χ0v) is 16.5. The first-order valence-electron chi connectivity index (χ1n) is 10.2. The van der Waals surface area contributed by atoms with Crippen molar-refractivity contribution in [3.05, 3.63) is 24.3 Å². The summed E-state index contributed by atoms with van der Waals surface area (Å²) in [6.45, 7) is 4.11. The monoisotopic (exact) mass is 387 g/mol. The van der Waals surface area contributed by atoms with Gasteiger partial charge in [0.15, 0.2) is 0 Å². The van der Waals surface area contributed by atoms with Crippen LogP contribution in [0.15, 0.2) is 24.3 Å². The zero-order chi connectivity index (χ0) is 19.6. The van der Waals surface area contributed by atoms with Gasteiger partial charge in [-0.1, -0.05) is 0 Å². The third kappa shape index (κ3) is 3.81. The highest BCUT2D eigenvalue weighted by atomic mass is 16.5. The number of hydrogen-bond acceptors (Lipinski definition) is 5. The molecule has 2 heterocycles. The van der Waals surface area contributed by atoms with E-state index in [-0.39, 0.29) is 17.9 Å². The Hall–Kier alpha value is -2.28. The van der Waals surface area contributed by atoms with Gasteiger partial charge in [0.1, 0.15) is 11.2 Å². The van der Waals surface area contributed by atoms with Crippen molar-refractivity contribution >= 4 is 17.5 Å². The summed E-state index contributed by atoms with van der Waals surface area (Å²) < 4.78 is 10.8. The predicted octanol–water partition coefficient (Wildman–Crippen LogP) is 1.42. The topological polar surface area (TPSA) is 71.1 Å². The van der Waals surface area contributed by atoms with Gasteiger partial charge in [-0.3, -0.25) is 9.59 Å². The molecule has 1 N–H and O–H groups in total. The molecule has 0 aromatic heterocycles. The minimum Gasteiger partial charge on any atom is -0.497 e. The van der Waals surface area contributed by atoms with Crippen molar-refractivity contribution in [2.75, 3.05) is 51.3 Å². The van der Waals surface area contributed by atoms with E-state index in [1.54, 1.807) is 7.11 Å². The van der Waals surface area contributed by atoms with E-state index in [0.717, 1.165) is 44.0 Å². The van der Waals surface area contributed by atoms with Crippen LogP contribution in [-0.2, 0) is 14.3 Å². The molecule has 1 unspecified atom stereocenters. The molecular weight excluding hydrogens is 358 g/mol. The summed E-state index contributed by atoms with van der Waals surface area (Å²) in [5, 5.41) is 2.96. The predicted molar refractivity (Wildman–Crippen MR) is 105 cm³/mol. The van der Waals surface area contributed by atoms with Crippen LogP contribution in [0.2, 0.25) is 0 Å². The van der Waals surface area contributed by atoms with Gasteiger partial charge in [0.25, 0.3) is 0 Å². The van der Waals surface area contributed by atoms with Crippen molar-refractivity contribution in [3.8, 4) is 5.75 Å². The summed E-state index contributed by atoms with van der Waals surface area (Å²) in [5.41, 5.74) is 0.296. The lowest BCUT2D eigenvalue weighted by molar-refractivity contribution is -0.144. The van der Waals surface area contributed by atoms with Crippen molar-refractivity contribution in [1.82, 2.24) is 10.2 Å². The summed E-state index contributed by atoms with van der Waals surface area (Å²) in [5.74, 6) is 0.708. The molecule has 28 heavy (non-hydrogen) atoms. The Kier molecular flexibility index (Phi) is 5.44. The third-order valence-corrected chi connectivity index (χ3v) is 6.11. The molecule has 152 valence electrons. The van der Waals surface area contributed by atoms with E-state index in [1.165, 1.54) is 0 Å². The number of benzene rings is 1. The lowest BCUT2D eigenvalue weighted by Crippen LogP contribution is -2.53. The molecule has 4 rings (SSSR count). The highest BCUT2D eigenvalue weighted by Crippen LogP contribution is 2.47. The van der Waals surface area contributed by atoms with Crippen LogP contribution in [0, 0.1) is 5.41 Å². The second-order valence-corrected chi connectivity index (χ2v) is 7.90. The fourth-order valence-electron chi connectivity index (χ4n) is 4.11. The van der Waals surface area contributed by atoms with Crippen LogP contribution in [0.3, 0.4) is 0 Å². The molecule has 0 radical (unpaired) electrons. The first-order chi connectivity index (χ1) is 13.6. The smallest absolute Gasteiger partial charge is 0.238 e. The van der Waals surface area contributed by atoms with Gasteiger partial charge in [-0.15, -0.1) is 0 Å². The molecule has 1 saturated carbocycles. The van der Waals surface area contributed by atoms with Gasteiger partial charge >= 0.3 is 0 Å². The van der Waals surface area contributed by atoms with Crippen LogP contribution in [-0.4, -0.2) is 69.3 Å². The second-order valence-electron chi connectivity index (χ2n) is 7.90. The summed E-state index contributed by atoms with van der Waals surface area (Å²) in [6.07, 6.45) is 3.43. The molecule has 2 amide bonds. The molecule has 3 fully saturated rings. The number of anilines is 1. The number of carbonyl (C=O) groups excluding carboxylic acids is 2. The van der Waals surface area contributed by atoms with Crippen LogP contribution in [0.5, 0.6) is 5.75 Å². The SMILES string of the molecule is COc1ccc(N2CCN(C(=O)C3(C(=O)NCC4CCCO4)CC3)CC2)cc1. The molecule has 3 aliphatic rings. The van der Waals surface area contributed by atoms with E-state index in [1.807, 2.05) is 29.2 Å². The Bertz CT molecular complexity index is 703. The molecule has 0 spiro atoms. The van der Waals surface area contributed by atoms with Crippen molar-refractivity contribution in [2.24, 2.45) is 5.41 Å². The minimum absolute atomic E-state index is 0.00767. The largest absolute Gasteiger partial charge is 0.497 e. The molecule has 7 heteroatoms. The minimum atomic E-state index is -0.832. The highest BCUT2D eigenvalue weighted by Gasteiger charge is 2.58. The van der Waals surface area contributed by atoms with Crippen molar-refractivity contribution in [2.45, 2.75) is 31.8 Å². The Morgan fingerprint density at radius 3 is 2.46 bits per heavy atom. The Morgan fingerprint density at radius 1 is 1.18 bits per heavy atom. The van der Waals surface area contributed by atoms with Crippen LogP contribution in [0.25, 0.3) is 0 Å². The Labute approximate surface area is 166 Å². The second kappa shape index (κ2) is 7.99. The van der Waals surface area contributed by atoms with Crippen LogP contribution < -0.4 is 15.0 Å². The molecule has 1 aliphatic carbocycles. The standard InChI is InChI=1S/C21H29N3O4/c1-27-17-6-4-16(5-7-17)23-10-12-24(13-11-23)20(26)21(8-9-21)19(25)22-15-18-3-2-14-28-18/h4-7,18H,2-3,8-15H2,1H3,(H,22,25). The average Bonchev–Trinajstić information content (AvgIpc) is 3.40. The summed E-state index contributed by atoms with van der Waals surface area (Å²) in [6, 6.07) is 7.98. The van der Waals surface area contributed by atoms with E-state index in [4.69, 9.17) is 9.47 Å². The van der Waals surface area contributed by atoms with Gasteiger partial charge in [0, 0.05) is 45.0 Å². The third-order valence-electron chi connectivity index (χ3n) is 6.11. The number of nitrogens with one attached hydrogen (secondary N) is 1. The first-order valence-corrected chi connectivity index (χ1v) is 10.2. The molecule has 1 aromatic rings. The van der Waals surface area contributed by atoms with Crippen molar-refractivity contribution in [1.29, 1.82) is 0 Å². The average molecular weight is 387 g/mol. The quantitative estimate of drug-likeness (QED) is 0.748. The van der Waals surface area contributed by atoms with Gasteiger partial charge in [0.2, 0.25) is 11.8 Å². The first kappa shape index (κ1) is 19.1. The molecule has 1 atom stereocenters. The van der Waals surface area contributed by atoms with E-state index in [0.29, 0.717) is 32.5 Å². The number of carbonyl (C=O) groups is 2. The molecule has 7 nitrogen and oxygen atoms in total. The Balaban J connectivity index is 1.29. The number of nitrogens with zero attached hydrogens (tertiary/aromatic N) is 2. The normalized spacial score (nSPS) is 23.4. The summed E-state index contributed by atoms with van der Waals surface area (Å²) in [7, 11) is 1.66. The number of hydrogen-bond donors (Lipinski definition) is 1. The van der Waals surface area contributed by atoms with Gasteiger partial charge < -0.3 is 24.6 Å². The number of methoxy groups -OCH3 is 1. The number of ether oxygens (including phenoxy) is 2. The van der Waals surface area contributed by atoms with Crippen molar-refractivity contribution < 1.29 is 19.1 Å². The number of rotatable bonds is 6. The maximum atomic E-state index is 13.0. The maximum Gasteiger partial charge on any atom is 0.238 e.